The molecule has 190 valence electrons. The van der Waals surface area contributed by atoms with E-state index in [9.17, 15) is 9.59 Å². The lowest BCUT2D eigenvalue weighted by molar-refractivity contribution is -0.135. The van der Waals surface area contributed by atoms with Crippen LogP contribution in [0.2, 0.25) is 0 Å². The van der Waals surface area contributed by atoms with Crippen LogP contribution in [-0.4, -0.2) is 25.5 Å². The van der Waals surface area contributed by atoms with Gasteiger partial charge in [-0.15, -0.1) is 0 Å². The third-order valence-electron chi connectivity index (χ3n) is 6.70. The number of hydrogen-bond donors (Lipinski definition) is 0. The minimum atomic E-state index is -0.408. The highest BCUT2D eigenvalue weighted by Gasteiger charge is 2.39. The predicted octanol–water partition coefficient (Wildman–Crippen LogP) is 5.97. The first kappa shape index (κ1) is 23.6. The van der Waals surface area contributed by atoms with E-state index < -0.39 is 5.92 Å². The molecule has 3 heterocycles. The van der Waals surface area contributed by atoms with Gasteiger partial charge in [0.15, 0.2) is 5.76 Å². The molecule has 2 aliphatic heterocycles. The molecule has 4 aromatic rings. The first-order valence-electron chi connectivity index (χ1n) is 12.3. The van der Waals surface area contributed by atoms with Crippen LogP contribution < -0.4 is 18.9 Å². The molecule has 0 aliphatic carbocycles. The van der Waals surface area contributed by atoms with Gasteiger partial charge in [-0.2, -0.15) is 0 Å². The van der Waals surface area contributed by atoms with E-state index in [2.05, 4.69) is 0 Å². The summed E-state index contributed by atoms with van der Waals surface area (Å²) in [4.78, 5) is 25.7. The van der Waals surface area contributed by atoms with E-state index in [-0.39, 0.29) is 23.9 Å². The Morgan fingerprint density at radius 1 is 0.947 bits per heavy atom. The maximum atomic E-state index is 13.1. The fraction of sp³-hybridized carbons (Fsp3) is 0.161. The number of hydrogen-bond acceptors (Lipinski definition) is 7. The van der Waals surface area contributed by atoms with Crippen molar-refractivity contribution in [2.45, 2.75) is 18.8 Å². The van der Waals surface area contributed by atoms with Gasteiger partial charge in [0.05, 0.1) is 32.0 Å². The van der Waals surface area contributed by atoms with Crippen molar-refractivity contribution in [3.8, 4) is 23.0 Å². The van der Waals surface area contributed by atoms with Crippen LogP contribution in [0.4, 0.5) is 0 Å². The smallest absolute Gasteiger partial charge is 0.312 e. The summed E-state index contributed by atoms with van der Waals surface area (Å²) in [6, 6.07) is 22.3. The fourth-order valence-electron chi connectivity index (χ4n) is 4.85. The summed E-state index contributed by atoms with van der Waals surface area (Å²) in [6.07, 6.45) is 3.89. The Balaban J connectivity index is 1.31. The zero-order chi connectivity index (χ0) is 26.1. The molecule has 0 spiro atoms. The Morgan fingerprint density at radius 2 is 1.79 bits per heavy atom. The lowest BCUT2D eigenvalue weighted by atomic mass is 9.84. The molecule has 0 radical (unpaired) electrons. The van der Waals surface area contributed by atoms with Gasteiger partial charge >= 0.3 is 5.97 Å². The Labute approximate surface area is 219 Å². The van der Waals surface area contributed by atoms with E-state index in [4.69, 9.17) is 23.4 Å². The standard InChI is InChI=1S/C31H24O7/c1-34-20-10-8-19(9-11-20)14-16-36-25-7-3-2-6-22(25)24-18-28(32)37-26-13-12-23-30(33)27(38-31(23)29(24)26)17-21-5-4-15-35-21/h2-13,15,17,24H,14,16,18H2,1H3/b27-17-/t24-/m1/s1. The van der Waals surface area contributed by atoms with Gasteiger partial charge in [0.25, 0.3) is 0 Å². The molecule has 0 amide bonds. The van der Waals surface area contributed by atoms with Crippen molar-refractivity contribution in [1.82, 2.24) is 0 Å². The number of methoxy groups -OCH3 is 1. The highest BCUT2D eigenvalue weighted by atomic mass is 16.5. The first-order chi connectivity index (χ1) is 18.6. The number of allylic oxidation sites excluding steroid dienone is 1. The molecule has 0 N–H and O–H groups in total. The average molecular weight is 509 g/mol. The molecule has 2 aliphatic rings. The predicted molar refractivity (Wildman–Crippen MR) is 139 cm³/mol. The van der Waals surface area contributed by atoms with Gasteiger partial charge in [-0.05, 0) is 48.0 Å². The van der Waals surface area contributed by atoms with Gasteiger partial charge in [-0.3, -0.25) is 9.59 Å². The molecule has 0 bridgehead atoms. The van der Waals surface area contributed by atoms with Crippen LogP contribution in [0.15, 0.2) is 89.2 Å². The zero-order valence-electron chi connectivity index (χ0n) is 20.6. The number of furan rings is 1. The summed E-state index contributed by atoms with van der Waals surface area (Å²) in [5, 5.41) is 0. The number of para-hydroxylation sites is 1. The Morgan fingerprint density at radius 3 is 2.58 bits per heavy atom. The number of Topliss-reactive ketones (excluding diaryl/α,β-unsaturated/α-hetero) is 1. The molecule has 38 heavy (non-hydrogen) atoms. The molecule has 7 heteroatoms. The topological polar surface area (TPSA) is 84.2 Å². The minimum absolute atomic E-state index is 0.0943. The van der Waals surface area contributed by atoms with E-state index in [0.29, 0.717) is 47.2 Å². The van der Waals surface area contributed by atoms with Crippen molar-refractivity contribution in [3.05, 3.63) is 113 Å². The number of fused-ring (bicyclic) bond motifs is 3. The molecule has 7 nitrogen and oxygen atoms in total. The van der Waals surface area contributed by atoms with E-state index in [0.717, 1.165) is 16.9 Å². The molecule has 0 fully saturated rings. The van der Waals surface area contributed by atoms with Crippen molar-refractivity contribution in [1.29, 1.82) is 0 Å². The lowest BCUT2D eigenvalue weighted by Gasteiger charge is -2.27. The van der Waals surface area contributed by atoms with Gasteiger partial charge in [-0.25, -0.2) is 0 Å². The highest BCUT2D eigenvalue weighted by Crippen LogP contribution is 2.50. The number of esters is 1. The van der Waals surface area contributed by atoms with Crippen LogP contribution in [0.5, 0.6) is 23.0 Å². The summed E-state index contributed by atoms with van der Waals surface area (Å²) in [5.74, 6) is 1.90. The summed E-state index contributed by atoms with van der Waals surface area (Å²) < 4.78 is 28.4. The maximum Gasteiger partial charge on any atom is 0.312 e. The van der Waals surface area contributed by atoms with Crippen molar-refractivity contribution >= 4 is 17.8 Å². The van der Waals surface area contributed by atoms with E-state index in [1.165, 1.54) is 6.26 Å². The molecule has 0 unspecified atom stereocenters. The number of carbonyl (C=O) groups excluding carboxylic acids is 2. The second kappa shape index (κ2) is 9.94. The van der Waals surface area contributed by atoms with Gasteiger partial charge in [0.2, 0.25) is 5.78 Å². The monoisotopic (exact) mass is 508 g/mol. The SMILES string of the molecule is COc1ccc(CCOc2ccccc2[C@H]2CC(=O)Oc3ccc4c(c32)O/C(=C\c2ccco2)C4=O)cc1. The molecule has 3 aromatic carbocycles. The molecular weight excluding hydrogens is 484 g/mol. The summed E-state index contributed by atoms with van der Waals surface area (Å²) in [6.45, 7) is 0.450. The summed E-state index contributed by atoms with van der Waals surface area (Å²) in [7, 11) is 1.64. The van der Waals surface area contributed by atoms with Gasteiger partial charge < -0.3 is 23.4 Å². The minimum Gasteiger partial charge on any atom is -0.497 e. The van der Waals surface area contributed by atoms with Gasteiger partial charge in [0, 0.05) is 29.5 Å². The second-order valence-corrected chi connectivity index (χ2v) is 9.02. The van der Waals surface area contributed by atoms with E-state index in [1.807, 2.05) is 48.5 Å². The summed E-state index contributed by atoms with van der Waals surface area (Å²) in [5.41, 5.74) is 3.02. The number of rotatable bonds is 7. The molecule has 0 saturated carbocycles. The summed E-state index contributed by atoms with van der Waals surface area (Å²) >= 11 is 0. The maximum absolute atomic E-state index is 13.1. The van der Waals surface area contributed by atoms with Crippen LogP contribution >= 0.6 is 0 Å². The molecule has 0 saturated heterocycles. The number of ether oxygens (including phenoxy) is 4. The van der Waals surface area contributed by atoms with Crippen molar-refractivity contribution in [2.24, 2.45) is 0 Å². The molecular formula is C31H24O7. The van der Waals surface area contributed by atoms with E-state index >= 15 is 0 Å². The highest BCUT2D eigenvalue weighted by molar-refractivity contribution is 6.15. The Bertz CT molecular complexity index is 1530. The fourth-order valence-corrected chi connectivity index (χ4v) is 4.85. The largest absolute Gasteiger partial charge is 0.497 e. The Hall–Kier alpha value is -4.78. The average Bonchev–Trinajstić information content (AvgIpc) is 3.56. The third-order valence-corrected chi connectivity index (χ3v) is 6.70. The third kappa shape index (κ3) is 4.43. The first-order valence-corrected chi connectivity index (χ1v) is 12.3. The van der Waals surface area contributed by atoms with E-state index in [1.54, 1.807) is 37.5 Å². The van der Waals surface area contributed by atoms with Crippen molar-refractivity contribution in [2.75, 3.05) is 13.7 Å². The van der Waals surface area contributed by atoms with Crippen LogP contribution in [0.3, 0.4) is 0 Å². The number of ketones is 1. The number of benzene rings is 3. The lowest BCUT2D eigenvalue weighted by Crippen LogP contribution is -2.22. The molecule has 1 atom stereocenters. The number of carbonyl (C=O) groups is 2. The second-order valence-electron chi connectivity index (χ2n) is 9.02. The van der Waals surface area contributed by atoms with Crippen LogP contribution in [0.25, 0.3) is 6.08 Å². The van der Waals surface area contributed by atoms with Gasteiger partial charge in [-0.1, -0.05) is 30.3 Å². The zero-order valence-corrected chi connectivity index (χ0v) is 20.6. The quantitative estimate of drug-likeness (QED) is 0.173. The Kier molecular flexibility index (Phi) is 6.17. The van der Waals surface area contributed by atoms with Crippen LogP contribution in [0.1, 0.15) is 45.1 Å². The van der Waals surface area contributed by atoms with Crippen molar-refractivity contribution in [3.63, 3.8) is 0 Å². The van der Waals surface area contributed by atoms with Crippen LogP contribution in [-0.2, 0) is 11.2 Å². The van der Waals surface area contributed by atoms with Gasteiger partial charge in [0.1, 0.15) is 28.8 Å². The molecule has 1 aromatic heterocycles. The molecule has 6 rings (SSSR count). The normalized spacial score (nSPS) is 17.0. The van der Waals surface area contributed by atoms with Crippen LogP contribution in [0, 0.1) is 0 Å². The van der Waals surface area contributed by atoms with Crippen molar-refractivity contribution < 1.29 is 33.0 Å².